The van der Waals surface area contributed by atoms with Gasteiger partial charge in [-0.05, 0) is 38.3 Å². The first-order valence-corrected chi connectivity index (χ1v) is 5.15. The average molecular weight is 205 g/mol. The van der Waals surface area contributed by atoms with E-state index >= 15 is 0 Å². The zero-order valence-electron chi connectivity index (χ0n) is 8.79. The number of pyridine rings is 1. The van der Waals surface area contributed by atoms with Crippen LogP contribution in [0, 0.1) is 12.3 Å². The third-order valence-corrected chi connectivity index (χ3v) is 2.62. The summed E-state index contributed by atoms with van der Waals surface area (Å²) in [5.74, 6) is 0.518. The molecule has 0 bridgehead atoms. The second kappa shape index (κ2) is 3.88. The quantitative estimate of drug-likeness (QED) is 0.581. The van der Waals surface area contributed by atoms with Crippen molar-refractivity contribution >= 4 is 5.84 Å². The molecule has 1 aromatic rings. The maximum Gasteiger partial charge on any atom is 0.225 e. The number of aryl methyl sites for hydroxylation is 1. The summed E-state index contributed by atoms with van der Waals surface area (Å²) < 4.78 is 5.69. The van der Waals surface area contributed by atoms with Crippen molar-refractivity contribution in [1.29, 1.82) is 5.41 Å². The molecule has 0 aliphatic heterocycles. The van der Waals surface area contributed by atoms with Gasteiger partial charge in [0.25, 0.3) is 0 Å². The predicted octanol–water partition coefficient (Wildman–Crippen LogP) is 1.61. The van der Waals surface area contributed by atoms with Crippen LogP contribution in [0.4, 0.5) is 0 Å². The maximum atomic E-state index is 7.42. The van der Waals surface area contributed by atoms with E-state index < -0.39 is 0 Å². The molecule has 1 heterocycles. The molecule has 1 fully saturated rings. The minimum absolute atomic E-state index is 0.0109. The Balaban J connectivity index is 2.24. The molecule has 0 amide bonds. The van der Waals surface area contributed by atoms with Gasteiger partial charge < -0.3 is 10.5 Å². The van der Waals surface area contributed by atoms with Gasteiger partial charge in [0.15, 0.2) is 0 Å². The second-order valence-corrected chi connectivity index (χ2v) is 3.89. The van der Waals surface area contributed by atoms with Gasteiger partial charge in [0.1, 0.15) is 11.9 Å². The molecule has 0 radical (unpaired) electrons. The number of nitrogen functional groups attached to an aromatic ring is 1. The molecule has 15 heavy (non-hydrogen) atoms. The second-order valence-electron chi connectivity index (χ2n) is 3.89. The fraction of sp³-hybridized carbons (Fsp3) is 0.455. The van der Waals surface area contributed by atoms with Gasteiger partial charge in [-0.3, -0.25) is 5.41 Å². The molecule has 80 valence electrons. The van der Waals surface area contributed by atoms with Gasteiger partial charge in [0, 0.05) is 5.69 Å². The number of nitrogens with two attached hydrogens (primary N) is 1. The summed E-state index contributed by atoms with van der Waals surface area (Å²) in [4.78, 5) is 4.27. The van der Waals surface area contributed by atoms with Crippen LogP contribution in [-0.2, 0) is 0 Å². The minimum Gasteiger partial charge on any atom is -0.474 e. The SMILES string of the molecule is Cc1ccc(C(=N)N)c(OC2CCC2)n1. The van der Waals surface area contributed by atoms with Crippen LogP contribution in [0.15, 0.2) is 12.1 Å². The van der Waals surface area contributed by atoms with Gasteiger partial charge >= 0.3 is 0 Å². The summed E-state index contributed by atoms with van der Waals surface area (Å²) in [7, 11) is 0. The molecular weight excluding hydrogens is 190 g/mol. The largest absolute Gasteiger partial charge is 0.474 e. The molecule has 1 saturated carbocycles. The standard InChI is InChI=1S/C11H15N3O/c1-7-5-6-9(10(12)13)11(14-7)15-8-3-2-4-8/h5-6,8H,2-4H2,1H3,(H3,12,13). The Morgan fingerprint density at radius 1 is 1.53 bits per heavy atom. The van der Waals surface area contributed by atoms with E-state index in [4.69, 9.17) is 15.9 Å². The van der Waals surface area contributed by atoms with Gasteiger partial charge in [-0.2, -0.15) is 0 Å². The highest BCUT2D eigenvalue weighted by Gasteiger charge is 2.21. The van der Waals surface area contributed by atoms with Gasteiger partial charge in [0.05, 0.1) is 5.56 Å². The van der Waals surface area contributed by atoms with E-state index in [1.54, 1.807) is 6.07 Å². The highest BCUT2D eigenvalue weighted by Crippen LogP contribution is 2.26. The Morgan fingerprint density at radius 2 is 2.27 bits per heavy atom. The van der Waals surface area contributed by atoms with Crippen molar-refractivity contribution in [3.63, 3.8) is 0 Å². The Bertz CT molecular complexity index is 385. The summed E-state index contributed by atoms with van der Waals surface area (Å²) in [5, 5.41) is 7.42. The number of amidine groups is 1. The normalized spacial score (nSPS) is 15.8. The smallest absolute Gasteiger partial charge is 0.225 e. The molecule has 1 aromatic heterocycles. The molecule has 0 atom stereocenters. The Morgan fingerprint density at radius 3 is 2.80 bits per heavy atom. The molecule has 0 saturated heterocycles. The molecule has 1 aliphatic rings. The van der Waals surface area contributed by atoms with Gasteiger partial charge in [0.2, 0.25) is 5.88 Å². The van der Waals surface area contributed by atoms with Crippen molar-refractivity contribution in [1.82, 2.24) is 4.98 Å². The fourth-order valence-corrected chi connectivity index (χ4v) is 1.47. The third kappa shape index (κ3) is 2.09. The lowest BCUT2D eigenvalue weighted by molar-refractivity contribution is 0.114. The molecular formula is C11H15N3O. The first kappa shape index (κ1) is 9.96. The van der Waals surface area contributed by atoms with Crippen LogP contribution in [0.3, 0.4) is 0 Å². The van der Waals surface area contributed by atoms with Crippen LogP contribution in [-0.4, -0.2) is 16.9 Å². The highest BCUT2D eigenvalue weighted by atomic mass is 16.5. The number of ether oxygens (including phenoxy) is 1. The van der Waals surface area contributed by atoms with Crippen molar-refractivity contribution < 1.29 is 4.74 Å². The van der Waals surface area contributed by atoms with Crippen molar-refractivity contribution in [3.8, 4) is 5.88 Å². The average Bonchev–Trinajstić information content (AvgIpc) is 2.11. The van der Waals surface area contributed by atoms with Crippen molar-refractivity contribution in [3.05, 3.63) is 23.4 Å². The summed E-state index contributed by atoms with van der Waals surface area (Å²) in [6.45, 7) is 1.90. The zero-order chi connectivity index (χ0) is 10.8. The molecule has 0 spiro atoms. The summed E-state index contributed by atoms with van der Waals surface area (Å²) in [6.07, 6.45) is 3.63. The van der Waals surface area contributed by atoms with Crippen molar-refractivity contribution in [2.24, 2.45) is 5.73 Å². The monoisotopic (exact) mass is 205 g/mol. The molecule has 2 rings (SSSR count). The molecule has 4 heteroatoms. The van der Waals surface area contributed by atoms with Gasteiger partial charge in [-0.25, -0.2) is 4.98 Å². The first-order chi connectivity index (χ1) is 7.16. The summed E-state index contributed by atoms with van der Waals surface area (Å²) in [5.41, 5.74) is 6.94. The molecule has 0 unspecified atom stereocenters. The molecule has 1 aliphatic carbocycles. The van der Waals surface area contributed by atoms with Crippen LogP contribution in [0.25, 0.3) is 0 Å². The van der Waals surface area contributed by atoms with E-state index in [0.29, 0.717) is 11.4 Å². The maximum absolute atomic E-state index is 7.42. The van der Waals surface area contributed by atoms with Crippen LogP contribution >= 0.6 is 0 Å². The van der Waals surface area contributed by atoms with Crippen molar-refractivity contribution in [2.75, 3.05) is 0 Å². The number of rotatable bonds is 3. The topological polar surface area (TPSA) is 72.0 Å². The number of nitrogens with one attached hydrogen (secondary N) is 1. The van der Waals surface area contributed by atoms with E-state index in [1.165, 1.54) is 6.42 Å². The van der Waals surface area contributed by atoms with Crippen molar-refractivity contribution in [2.45, 2.75) is 32.3 Å². The fourth-order valence-electron chi connectivity index (χ4n) is 1.47. The van der Waals surface area contributed by atoms with Crippen LogP contribution < -0.4 is 10.5 Å². The third-order valence-electron chi connectivity index (χ3n) is 2.62. The van der Waals surface area contributed by atoms with Crippen LogP contribution in [0.1, 0.15) is 30.5 Å². The number of hydrogen-bond donors (Lipinski definition) is 2. The van der Waals surface area contributed by atoms with E-state index in [2.05, 4.69) is 4.98 Å². The molecule has 3 N–H and O–H groups in total. The zero-order valence-corrected chi connectivity index (χ0v) is 8.79. The van der Waals surface area contributed by atoms with E-state index in [9.17, 15) is 0 Å². The van der Waals surface area contributed by atoms with E-state index in [-0.39, 0.29) is 11.9 Å². The van der Waals surface area contributed by atoms with Crippen LogP contribution in [0.2, 0.25) is 0 Å². The van der Waals surface area contributed by atoms with Gasteiger partial charge in [-0.15, -0.1) is 0 Å². The lowest BCUT2D eigenvalue weighted by atomic mass is 9.96. The lowest BCUT2D eigenvalue weighted by Crippen LogP contribution is -2.26. The van der Waals surface area contributed by atoms with Crippen LogP contribution in [0.5, 0.6) is 5.88 Å². The Kier molecular flexibility index (Phi) is 2.58. The first-order valence-electron chi connectivity index (χ1n) is 5.15. The Hall–Kier alpha value is -1.58. The van der Waals surface area contributed by atoms with E-state index in [1.807, 2.05) is 13.0 Å². The molecule has 4 nitrogen and oxygen atoms in total. The predicted molar refractivity (Wildman–Crippen MR) is 58.3 cm³/mol. The highest BCUT2D eigenvalue weighted by molar-refractivity contribution is 5.97. The summed E-state index contributed by atoms with van der Waals surface area (Å²) >= 11 is 0. The minimum atomic E-state index is 0.0109. The Labute approximate surface area is 89.0 Å². The molecule has 0 aromatic carbocycles. The van der Waals surface area contributed by atoms with Gasteiger partial charge in [-0.1, -0.05) is 0 Å². The number of nitrogens with zero attached hydrogens (tertiary/aromatic N) is 1. The number of aromatic nitrogens is 1. The number of hydrogen-bond acceptors (Lipinski definition) is 3. The van der Waals surface area contributed by atoms with E-state index in [0.717, 1.165) is 18.5 Å². The lowest BCUT2D eigenvalue weighted by Gasteiger charge is -2.26. The summed E-state index contributed by atoms with van der Waals surface area (Å²) in [6, 6.07) is 3.63.